The van der Waals surface area contributed by atoms with Crippen LogP contribution in [0.5, 0.6) is 0 Å². The summed E-state index contributed by atoms with van der Waals surface area (Å²) in [5.74, 6) is 0. The Morgan fingerprint density at radius 3 is 2.86 bits per heavy atom. The molecule has 3 rings (SSSR count). The average Bonchev–Trinajstić information content (AvgIpc) is 2.99. The Balaban J connectivity index is 1.52. The highest BCUT2D eigenvalue weighted by Crippen LogP contribution is 2.18. The SMILES string of the molecule is C[C@@H]1CN(Cc2cccc(CNC3CCCC3)c2)CCO1. The van der Waals surface area contributed by atoms with Gasteiger partial charge in [-0.1, -0.05) is 37.1 Å². The predicted molar refractivity (Wildman–Crippen MR) is 86.2 cm³/mol. The van der Waals surface area contributed by atoms with E-state index in [0.717, 1.165) is 38.8 Å². The Morgan fingerprint density at radius 1 is 1.24 bits per heavy atom. The third-order valence-corrected chi connectivity index (χ3v) is 4.67. The van der Waals surface area contributed by atoms with E-state index in [2.05, 4.69) is 41.4 Å². The standard InChI is InChI=1S/C18H28N2O/c1-15-13-20(9-10-21-15)14-17-6-4-5-16(11-17)12-19-18-7-2-3-8-18/h4-6,11,15,18-19H,2-3,7-10,12-14H2,1H3/t15-/m1/s1. The van der Waals surface area contributed by atoms with Gasteiger partial charge in [0.15, 0.2) is 0 Å². The third kappa shape index (κ3) is 4.53. The van der Waals surface area contributed by atoms with Gasteiger partial charge in [-0.25, -0.2) is 0 Å². The van der Waals surface area contributed by atoms with Crippen LogP contribution in [0.15, 0.2) is 24.3 Å². The van der Waals surface area contributed by atoms with Crippen molar-refractivity contribution in [2.45, 2.75) is 57.8 Å². The molecule has 0 unspecified atom stereocenters. The van der Waals surface area contributed by atoms with Gasteiger partial charge in [-0.3, -0.25) is 4.90 Å². The summed E-state index contributed by atoms with van der Waals surface area (Å²) < 4.78 is 5.61. The third-order valence-electron chi connectivity index (χ3n) is 4.67. The van der Waals surface area contributed by atoms with Crippen molar-refractivity contribution in [3.8, 4) is 0 Å². The molecule has 1 aliphatic carbocycles. The van der Waals surface area contributed by atoms with Crippen molar-refractivity contribution >= 4 is 0 Å². The van der Waals surface area contributed by atoms with Gasteiger partial charge in [0, 0.05) is 32.2 Å². The molecule has 1 N–H and O–H groups in total. The molecule has 1 saturated heterocycles. The van der Waals surface area contributed by atoms with Crippen molar-refractivity contribution in [3.05, 3.63) is 35.4 Å². The minimum Gasteiger partial charge on any atom is -0.376 e. The van der Waals surface area contributed by atoms with Crippen molar-refractivity contribution in [2.24, 2.45) is 0 Å². The Labute approximate surface area is 128 Å². The van der Waals surface area contributed by atoms with Crippen molar-refractivity contribution in [1.82, 2.24) is 10.2 Å². The van der Waals surface area contributed by atoms with E-state index in [-0.39, 0.29) is 0 Å². The fourth-order valence-corrected chi connectivity index (χ4v) is 3.52. The van der Waals surface area contributed by atoms with Crippen LogP contribution in [0.4, 0.5) is 0 Å². The topological polar surface area (TPSA) is 24.5 Å². The van der Waals surface area contributed by atoms with Gasteiger partial charge in [0.25, 0.3) is 0 Å². The first-order valence-electron chi connectivity index (χ1n) is 8.45. The number of ether oxygens (including phenoxy) is 1. The average molecular weight is 288 g/mol. The number of morpholine rings is 1. The van der Waals surface area contributed by atoms with Crippen molar-refractivity contribution in [1.29, 1.82) is 0 Å². The molecule has 0 spiro atoms. The van der Waals surface area contributed by atoms with Crippen LogP contribution in [0.2, 0.25) is 0 Å². The monoisotopic (exact) mass is 288 g/mol. The van der Waals surface area contributed by atoms with Crippen LogP contribution in [0, 0.1) is 0 Å². The van der Waals surface area contributed by atoms with Gasteiger partial charge in [-0.2, -0.15) is 0 Å². The van der Waals surface area contributed by atoms with Gasteiger partial charge in [0.1, 0.15) is 0 Å². The van der Waals surface area contributed by atoms with Crippen molar-refractivity contribution < 1.29 is 4.74 Å². The molecule has 0 aromatic heterocycles. The van der Waals surface area contributed by atoms with Gasteiger partial charge < -0.3 is 10.1 Å². The van der Waals surface area contributed by atoms with Gasteiger partial charge >= 0.3 is 0 Å². The molecular weight excluding hydrogens is 260 g/mol. The first kappa shape index (κ1) is 15.0. The summed E-state index contributed by atoms with van der Waals surface area (Å²) in [6.45, 7) is 7.18. The van der Waals surface area contributed by atoms with E-state index in [1.165, 1.54) is 36.8 Å². The maximum Gasteiger partial charge on any atom is 0.0674 e. The van der Waals surface area contributed by atoms with Gasteiger partial charge in [0.2, 0.25) is 0 Å². The van der Waals surface area contributed by atoms with Crippen LogP contribution >= 0.6 is 0 Å². The zero-order valence-electron chi connectivity index (χ0n) is 13.2. The molecule has 1 atom stereocenters. The van der Waals surface area contributed by atoms with Crippen LogP contribution in [0.3, 0.4) is 0 Å². The minimum atomic E-state index is 0.367. The summed E-state index contributed by atoms with van der Waals surface area (Å²) >= 11 is 0. The summed E-state index contributed by atoms with van der Waals surface area (Å²) in [4.78, 5) is 2.50. The molecule has 1 aliphatic heterocycles. The van der Waals surface area contributed by atoms with E-state index in [0.29, 0.717) is 6.10 Å². The number of nitrogens with zero attached hydrogens (tertiary/aromatic N) is 1. The lowest BCUT2D eigenvalue weighted by atomic mass is 10.1. The second kappa shape index (κ2) is 7.39. The van der Waals surface area contributed by atoms with E-state index in [1.54, 1.807) is 0 Å². The number of benzene rings is 1. The minimum absolute atomic E-state index is 0.367. The molecule has 2 aliphatic rings. The zero-order chi connectivity index (χ0) is 14.5. The summed E-state index contributed by atoms with van der Waals surface area (Å²) in [7, 11) is 0. The summed E-state index contributed by atoms with van der Waals surface area (Å²) in [5.41, 5.74) is 2.84. The number of hydrogen-bond acceptors (Lipinski definition) is 3. The molecular formula is C18H28N2O. The normalized spacial score (nSPS) is 24.5. The lowest BCUT2D eigenvalue weighted by Gasteiger charge is -2.31. The van der Waals surface area contributed by atoms with E-state index >= 15 is 0 Å². The van der Waals surface area contributed by atoms with Crippen LogP contribution in [-0.2, 0) is 17.8 Å². The second-order valence-electron chi connectivity index (χ2n) is 6.60. The molecule has 1 aromatic rings. The highest BCUT2D eigenvalue weighted by Gasteiger charge is 2.17. The summed E-state index contributed by atoms with van der Waals surface area (Å²) in [5, 5.41) is 3.70. The van der Waals surface area contributed by atoms with Crippen LogP contribution in [-0.4, -0.2) is 36.7 Å². The van der Waals surface area contributed by atoms with E-state index in [1.807, 2.05) is 0 Å². The van der Waals surface area contributed by atoms with Crippen LogP contribution in [0.1, 0.15) is 43.7 Å². The van der Waals surface area contributed by atoms with Crippen LogP contribution < -0.4 is 5.32 Å². The Hall–Kier alpha value is -0.900. The predicted octanol–water partition coefficient (Wildman–Crippen LogP) is 2.94. The Morgan fingerprint density at radius 2 is 2.05 bits per heavy atom. The van der Waals surface area contributed by atoms with E-state index in [4.69, 9.17) is 4.74 Å². The molecule has 2 fully saturated rings. The number of nitrogens with one attached hydrogen (secondary N) is 1. The van der Waals surface area contributed by atoms with Gasteiger partial charge in [-0.15, -0.1) is 0 Å². The van der Waals surface area contributed by atoms with E-state index < -0.39 is 0 Å². The lowest BCUT2D eigenvalue weighted by molar-refractivity contribution is -0.0212. The smallest absolute Gasteiger partial charge is 0.0674 e. The first-order valence-corrected chi connectivity index (χ1v) is 8.45. The molecule has 116 valence electrons. The van der Waals surface area contributed by atoms with Crippen molar-refractivity contribution in [2.75, 3.05) is 19.7 Å². The zero-order valence-corrected chi connectivity index (χ0v) is 13.2. The van der Waals surface area contributed by atoms with Crippen LogP contribution in [0.25, 0.3) is 0 Å². The maximum atomic E-state index is 5.61. The molecule has 1 saturated carbocycles. The van der Waals surface area contributed by atoms with Gasteiger partial charge in [0.05, 0.1) is 12.7 Å². The molecule has 1 aromatic carbocycles. The molecule has 21 heavy (non-hydrogen) atoms. The highest BCUT2D eigenvalue weighted by molar-refractivity contribution is 5.23. The Kier molecular flexibility index (Phi) is 5.28. The first-order chi connectivity index (χ1) is 10.3. The van der Waals surface area contributed by atoms with E-state index in [9.17, 15) is 0 Å². The summed E-state index contributed by atoms with van der Waals surface area (Å²) in [6, 6.07) is 9.80. The summed E-state index contributed by atoms with van der Waals surface area (Å²) in [6.07, 6.45) is 5.86. The molecule has 0 amide bonds. The molecule has 3 heteroatoms. The molecule has 0 bridgehead atoms. The highest BCUT2D eigenvalue weighted by atomic mass is 16.5. The van der Waals surface area contributed by atoms with Gasteiger partial charge in [-0.05, 0) is 30.9 Å². The molecule has 1 heterocycles. The Bertz CT molecular complexity index is 443. The maximum absolute atomic E-state index is 5.61. The quantitative estimate of drug-likeness (QED) is 0.901. The van der Waals surface area contributed by atoms with Crippen molar-refractivity contribution in [3.63, 3.8) is 0 Å². The molecule has 3 nitrogen and oxygen atoms in total. The lowest BCUT2D eigenvalue weighted by Crippen LogP contribution is -2.40. The largest absolute Gasteiger partial charge is 0.376 e. The number of rotatable bonds is 5. The molecule has 0 radical (unpaired) electrons. The fraction of sp³-hybridized carbons (Fsp3) is 0.667. The number of hydrogen-bond donors (Lipinski definition) is 1. The second-order valence-corrected chi connectivity index (χ2v) is 6.60. The fourth-order valence-electron chi connectivity index (χ4n) is 3.52.